The number of anilines is 1. The lowest BCUT2D eigenvalue weighted by Crippen LogP contribution is -2.31. The number of sulfonamides is 1. The highest BCUT2D eigenvalue weighted by Crippen LogP contribution is 2.34. The lowest BCUT2D eigenvalue weighted by atomic mass is 10.1. The summed E-state index contributed by atoms with van der Waals surface area (Å²) in [4.78, 5) is 14.3. The van der Waals surface area contributed by atoms with Crippen molar-refractivity contribution in [3.05, 3.63) is 59.2 Å². The van der Waals surface area contributed by atoms with E-state index in [1.54, 1.807) is 26.0 Å². The first-order valence-electron chi connectivity index (χ1n) is 9.21. The van der Waals surface area contributed by atoms with E-state index in [2.05, 4.69) is 0 Å². The first-order valence-corrected chi connectivity index (χ1v) is 10.7. The van der Waals surface area contributed by atoms with Gasteiger partial charge >= 0.3 is 6.18 Å². The average molecular weight is 426 g/mol. The molecular formula is C20H21F3N2O3S. The second kappa shape index (κ2) is 7.79. The molecule has 1 aliphatic heterocycles. The Bertz CT molecular complexity index is 1030. The van der Waals surface area contributed by atoms with E-state index in [1.165, 1.54) is 27.4 Å². The summed E-state index contributed by atoms with van der Waals surface area (Å²) >= 11 is 0. The fraction of sp³-hybridized carbons (Fsp3) is 0.350. The SMILES string of the molecule is CCN(CC)S(=O)(=O)c1ccc2c(c1)CCN2C(=O)c1cccc(C(F)(F)F)c1. The van der Waals surface area contributed by atoms with Crippen LogP contribution in [-0.2, 0) is 22.6 Å². The van der Waals surface area contributed by atoms with Crippen LogP contribution in [0, 0.1) is 0 Å². The van der Waals surface area contributed by atoms with E-state index in [-0.39, 0.29) is 17.0 Å². The van der Waals surface area contributed by atoms with Crippen molar-refractivity contribution in [2.24, 2.45) is 0 Å². The molecule has 0 N–H and O–H groups in total. The minimum Gasteiger partial charge on any atom is -0.308 e. The summed E-state index contributed by atoms with van der Waals surface area (Å²) in [5.74, 6) is -0.547. The number of hydrogen-bond donors (Lipinski definition) is 0. The molecule has 9 heteroatoms. The molecule has 2 aromatic carbocycles. The lowest BCUT2D eigenvalue weighted by Gasteiger charge is -2.20. The number of carbonyl (C=O) groups excluding carboxylic acids is 1. The monoisotopic (exact) mass is 426 g/mol. The molecule has 2 aromatic rings. The number of alkyl halides is 3. The molecule has 3 rings (SSSR count). The summed E-state index contributed by atoms with van der Waals surface area (Å²) in [6, 6.07) is 8.82. The Hall–Kier alpha value is -2.39. The van der Waals surface area contributed by atoms with Crippen LogP contribution >= 0.6 is 0 Å². The Labute approximate surface area is 167 Å². The van der Waals surface area contributed by atoms with Crippen molar-refractivity contribution in [1.29, 1.82) is 0 Å². The molecule has 29 heavy (non-hydrogen) atoms. The first-order chi connectivity index (χ1) is 13.6. The van der Waals surface area contributed by atoms with Crippen LogP contribution < -0.4 is 4.90 Å². The van der Waals surface area contributed by atoms with Crippen molar-refractivity contribution >= 4 is 21.6 Å². The number of amides is 1. The summed E-state index contributed by atoms with van der Waals surface area (Å²) in [5, 5.41) is 0. The molecule has 0 atom stereocenters. The molecule has 0 aliphatic carbocycles. The Kier molecular flexibility index (Phi) is 5.73. The predicted molar refractivity (Wildman–Crippen MR) is 103 cm³/mol. The molecule has 156 valence electrons. The van der Waals surface area contributed by atoms with Gasteiger partial charge in [0.15, 0.2) is 0 Å². The maximum Gasteiger partial charge on any atom is 0.416 e. The van der Waals surface area contributed by atoms with Gasteiger partial charge in [-0.05, 0) is 48.4 Å². The van der Waals surface area contributed by atoms with Gasteiger partial charge in [0, 0.05) is 30.9 Å². The lowest BCUT2D eigenvalue weighted by molar-refractivity contribution is -0.137. The average Bonchev–Trinajstić information content (AvgIpc) is 3.11. The van der Waals surface area contributed by atoms with Crippen LogP contribution in [0.2, 0.25) is 0 Å². The van der Waals surface area contributed by atoms with Crippen molar-refractivity contribution in [2.75, 3.05) is 24.5 Å². The molecule has 0 saturated carbocycles. The summed E-state index contributed by atoms with van der Waals surface area (Å²) in [6.07, 6.45) is -4.10. The molecular weight excluding hydrogens is 405 g/mol. The zero-order valence-corrected chi connectivity index (χ0v) is 16.8. The maximum absolute atomic E-state index is 12.9. The van der Waals surface area contributed by atoms with Gasteiger partial charge in [-0.15, -0.1) is 0 Å². The van der Waals surface area contributed by atoms with Gasteiger partial charge < -0.3 is 4.90 Å². The van der Waals surface area contributed by atoms with Crippen LogP contribution in [0.4, 0.5) is 18.9 Å². The summed E-state index contributed by atoms with van der Waals surface area (Å²) < 4.78 is 65.6. The van der Waals surface area contributed by atoms with E-state index < -0.39 is 27.7 Å². The summed E-state index contributed by atoms with van der Waals surface area (Å²) in [5.41, 5.74) is 0.250. The highest BCUT2D eigenvalue weighted by Gasteiger charge is 2.33. The van der Waals surface area contributed by atoms with E-state index in [0.29, 0.717) is 30.8 Å². The number of nitrogens with zero attached hydrogens (tertiary/aromatic N) is 2. The summed E-state index contributed by atoms with van der Waals surface area (Å²) in [7, 11) is -3.63. The number of hydrogen-bond acceptors (Lipinski definition) is 3. The third-order valence-electron chi connectivity index (χ3n) is 4.97. The molecule has 1 amide bonds. The zero-order chi connectivity index (χ0) is 21.4. The second-order valence-corrected chi connectivity index (χ2v) is 8.60. The molecule has 0 aromatic heterocycles. The number of fused-ring (bicyclic) bond motifs is 1. The van der Waals surface area contributed by atoms with E-state index in [4.69, 9.17) is 0 Å². The van der Waals surface area contributed by atoms with Gasteiger partial charge in [-0.1, -0.05) is 19.9 Å². The van der Waals surface area contributed by atoms with Crippen molar-refractivity contribution < 1.29 is 26.4 Å². The quantitative estimate of drug-likeness (QED) is 0.728. The van der Waals surface area contributed by atoms with Crippen molar-refractivity contribution in [1.82, 2.24) is 4.31 Å². The largest absolute Gasteiger partial charge is 0.416 e. The van der Waals surface area contributed by atoms with Gasteiger partial charge in [0.1, 0.15) is 0 Å². The molecule has 0 radical (unpaired) electrons. The second-order valence-electron chi connectivity index (χ2n) is 6.67. The molecule has 5 nitrogen and oxygen atoms in total. The molecule has 0 unspecified atom stereocenters. The van der Waals surface area contributed by atoms with Crippen LogP contribution in [0.15, 0.2) is 47.4 Å². The Balaban J connectivity index is 1.92. The fourth-order valence-electron chi connectivity index (χ4n) is 3.45. The minimum atomic E-state index is -4.53. The van der Waals surface area contributed by atoms with Gasteiger partial charge in [-0.3, -0.25) is 4.79 Å². The molecule has 0 saturated heterocycles. The van der Waals surface area contributed by atoms with Crippen LogP contribution in [0.25, 0.3) is 0 Å². The van der Waals surface area contributed by atoms with Crippen LogP contribution in [0.5, 0.6) is 0 Å². The number of benzene rings is 2. The van der Waals surface area contributed by atoms with Crippen LogP contribution in [0.1, 0.15) is 35.3 Å². The minimum absolute atomic E-state index is 0.0625. The summed E-state index contributed by atoms with van der Waals surface area (Å²) in [6.45, 7) is 4.47. The smallest absolute Gasteiger partial charge is 0.308 e. The Morgan fingerprint density at radius 3 is 2.41 bits per heavy atom. The third-order valence-corrected chi connectivity index (χ3v) is 7.02. The van der Waals surface area contributed by atoms with Gasteiger partial charge in [0.2, 0.25) is 10.0 Å². The van der Waals surface area contributed by atoms with Gasteiger partial charge in [0.05, 0.1) is 10.5 Å². The molecule has 1 aliphatic rings. The maximum atomic E-state index is 12.9. The fourth-order valence-corrected chi connectivity index (χ4v) is 4.96. The zero-order valence-electron chi connectivity index (χ0n) is 16.0. The van der Waals surface area contributed by atoms with Crippen LogP contribution in [-0.4, -0.2) is 38.3 Å². The number of halogens is 3. The Morgan fingerprint density at radius 1 is 1.10 bits per heavy atom. The van der Waals surface area contributed by atoms with Crippen molar-refractivity contribution in [3.8, 4) is 0 Å². The topological polar surface area (TPSA) is 57.7 Å². The molecule has 1 heterocycles. The van der Waals surface area contributed by atoms with Crippen LogP contribution in [0.3, 0.4) is 0 Å². The van der Waals surface area contributed by atoms with Crippen molar-refractivity contribution in [2.45, 2.75) is 31.3 Å². The standard InChI is InChI=1S/C20H21F3N2O3S/c1-3-24(4-2)29(27,28)17-8-9-18-14(13-17)10-11-25(18)19(26)15-6-5-7-16(12-15)20(21,22)23/h5-9,12-13H,3-4,10-11H2,1-2H3. The van der Waals surface area contributed by atoms with E-state index >= 15 is 0 Å². The normalized spacial score (nSPS) is 14.3. The highest BCUT2D eigenvalue weighted by atomic mass is 32.2. The first kappa shape index (κ1) is 21.3. The van der Waals surface area contributed by atoms with Gasteiger partial charge in [-0.25, -0.2) is 8.42 Å². The van der Waals surface area contributed by atoms with Gasteiger partial charge in [-0.2, -0.15) is 17.5 Å². The number of carbonyl (C=O) groups is 1. The molecule has 0 spiro atoms. The van der Waals surface area contributed by atoms with E-state index in [0.717, 1.165) is 12.1 Å². The third kappa shape index (κ3) is 4.02. The van der Waals surface area contributed by atoms with Crippen molar-refractivity contribution in [3.63, 3.8) is 0 Å². The Morgan fingerprint density at radius 2 is 1.79 bits per heavy atom. The predicted octanol–water partition coefficient (Wildman–Crippen LogP) is 3.94. The molecule has 0 bridgehead atoms. The van der Waals surface area contributed by atoms with E-state index in [1.807, 2.05) is 0 Å². The number of rotatable bonds is 5. The highest BCUT2D eigenvalue weighted by molar-refractivity contribution is 7.89. The van der Waals surface area contributed by atoms with Gasteiger partial charge in [0.25, 0.3) is 5.91 Å². The molecule has 0 fully saturated rings. The van der Waals surface area contributed by atoms with E-state index in [9.17, 15) is 26.4 Å².